The molecule has 20 heavy (non-hydrogen) atoms. The number of hydrogen-bond donors (Lipinski definition) is 1. The van der Waals surface area contributed by atoms with Crippen molar-refractivity contribution in [2.45, 2.75) is 65.8 Å². The normalized spacial score (nSPS) is 17.9. The molecule has 1 aromatic rings. The molecule has 0 atom stereocenters. The Hall–Kier alpha value is -0.670. The van der Waals surface area contributed by atoms with Crippen molar-refractivity contribution in [3.8, 4) is 0 Å². The van der Waals surface area contributed by atoms with Gasteiger partial charge in [0.25, 0.3) is 0 Å². The molecule has 0 radical (unpaired) electrons. The van der Waals surface area contributed by atoms with Crippen LogP contribution in [0.15, 0.2) is 5.57 Å². The van der Waals surface area contributed by atoms with Gasteiger partial charge in [-0.3, -0.25) is 0 Å². The Balaban J connectivity index is 2.17. The summed E-state index contributed by atoms with van der Waals surface area (Å²) < 4.78 is 0. The standard InChI is InChI=1S/C17H28N2S/c1-12(2)18-11-16(15-8-6-5-7-9-15)10-17-13(3)19-14(4)20-17/h10,12,15,18H,5-9,11H2,1-4H3. The SMILES string of the molecule is Cc1nc(C)c(C=C(CNC(C)C)C2CCCCC2)s1. The van der Waals surface area contributed by atoms with Crippen molar-refractivity contribution in [2.24, 2.45) is 5.92 Å². The van der Waals surface area contributed by atoms with E-state index in [0.29, 0.717) is 6.04 Å². The van der Waals surface area contributed by atoms with Gasteiger partial charge in [-0.05, 0) is 38.7 Å². The Bertz CT molecular complexity index is 454. The maximum Gasteiger partial charge on any atom is 0.0903 e. The van der Waals surface area contributed by atoms with Crippen LogP contribution in [0.25, 0.3) is 6.08 Å². The largest absolute Gasteiger partial charge is 0.311 e. The van der Waals surface area contributed by atoms with Gasteiger partial charge in [0.15, 0.2) is 0 Å². The quantitative estimate of drug-likeness (QED) is 0.849. The zero-order valence-electron chi connectivity index (χ0n) is 13.3. The monoisotopic (exact) mass is 292 g/mol. The van der Waals surface area contributed by atoms with E-state index in [9.17, 15) is 0 Å². The second-order valence-corrected chi connectivity index (χ2v) is 7.51. The molecule has 1 aromatic heterocycles. The second kappa shape index (κ2) is 7.37. The fourth-order valence-corrected chi connectivity index (χ4v) is 3.86. The van der Waals surface area contributed by atoms with Gasteiger partial charge in [0.05, 0.1) is 15.6 Å². The average molecular weight is 292 g/mol. The smallest absolute Gasteiger partial charge is 0.0903 e. The van der Waals surface area contributed by atoms with Gasteiger partial charge in [0, 0.05) is 12.6 Å². The molecule has 0 spiro atoms. The van der Waals surface area contributed by atoms with E-state index in [4.69, 9.17) is 0 Å². The van der Waals surface area contributed by atoms with Gasteiger partial charge in [0.1, 0.15) is 0 Å². The van der Waals surface area contributed by atoms with Gasteiger partial charge < -0.3 is 5.32 Å². The fourth-order valence-electron chi connectivity index (χ4n) is 2.96. The summed E-state index contributed by atoms with van der Waals surface area (Å²) in [7, 11) is 0. The molecule has 1 heterocycles. The predicted molar refractivity (Wildman–Crippen MR) is 89.3 cm³/mol. The number of nitrogens with one attached hydrogen (secondary N) is 1. The lowest BCUT2D eigenvalue weighted by Gasteiger charge is -2.25. The average Bonchev–Trinajstić information content (AvgIpc) is 2.73. The van der Waals surface area contributed by atoms with Gasteiger partial charge in [-0.1, -0.05) is 38.7 Å². The van der Waals surface area contributed by atoms with E-state index in [-0.39, 0.29) is 0 Å². The zero-order valence-corrected chi connectivity index (χ0v) is 14.1. The summed E-state index contributed by atoms with van der Waals surface area (Å²) in [6.07, 6.45) is 9.35. The molecular formula is C17H28N2S. The first-order valence-electron chi connectivity index (χ1n) is 7.94. The molecule has 3 heteroatoms. The third-order valence-corrected chi connectivity index (χ3v) is 5.12. The van der Waals surface area contributed by atoms with Crippen LogP contribution in [0.4, 0.5) is 0 Å². The van der Waals surface area contributed by atoms with Gasteiger partial charge in [-0.2, -0.15) is 0 Å². The van der Waals surface area contributed by atoms with Crippen molar-refractivity contribution in [3.63, 3.8) is 0 Å². The van der Waals surface area contributed by atoms with E-state index in [1.165, 1.54) is 47.7 Å². The lowest BCUT2D eigenvalue weighted by Crippen LogP contribution is -2.27. The number of aryl methyl sites for hydroxylation is 2. The highest BCUT2D eigenvalue weighted by molar-refractivity contribution is 7.12. The topological polar surface area (TPSA) is 24.9 Å². The lowest BCUT2D eigenvalue weighted by molar-refractivity contribution is 0.394. The van der Waals surface area contributed by atoms with Crippen molar-refractivity contribution >= 4 is 17.4 Å². The molecular weight excluding hydrogens is 264 g/mol. The third kappa shape index (κ3) is 4.42. The molecule has 0 aliphatic heterocycles. The summed E-state index contributed by atoms with van der Waals surface area (Å²) >= 11 is 1.83. The van der Waals surface area contributed by atoms with Crippen LogP contribution in [0.1, 0.15) is 61.5 Å². The number of aromatic nitrogens is 1. The summed E-state index contributed by atoms with van der Waals surface area (Å²) in [4.78, 5) is 5.91. The highest BCUT2D eigenvalue weighted by Crippen LogP contribution is 2.32. The minimum atomic E-state index is 0.547. The summed E-state index contributed by atoms with van der Waals surface area (Å²) in [6, 6.07) is 0.547. The van der Waals surface area contributed by atoms with E-state index in [0.717, 1.165) is 12.5 Å². The molecule has 2 nitrogen and oxygen atoms in total. The fraction of sp³-hybridized carbons (Fsp3) is 0.706. The van der Waals surface area contributed by atoms with Crippen LogP contribution in [0.5, 0.6) is 0 Å². The van der Waals surface area contributed by atoms with Crippen LogP contribution in [-0.4, -0.2) is 17.6 Å². The lowest BCUT2D eigenvalue weighted by atomic mass is 9.83. The minimum absolute atomic E-state index is 0.547. The van der Waals surface area contributed by atoms with Crippen LogP contribution in [0.2, 0.25) is 0 Å². The molecule has 1 aliphatic carbocycles. The number of nitrogens with zero attached hydrogens (tertiary/aromatic N) is 1. The van der Waals surface area contributed by atoms with Crippen molar-refractivity contribution in [3.05, 3.63) is 21.2 Å². The van der Waals surface area contributed by atoms with Gasteiger partial charge >= 0.3 is 0 Å². The Labute approximate surface area is 127 Å². The minimum Gasteiger partial charge on any atom is -0.311 e. The Morgan fingerprint density at radius 2 is 2.00 bits per heavy atom. The summed E-state index contributed by atoms with van der Waals surface area (Å²) in [6.45, 7) is 9.70. The highest BCUT2D eigenvalue weighted by atomic mass is 32.1. The first-order valence-corrected chi connectivity index (χ1v) is 8.75. The Morgan fingerprint density at radius 1 is 1.30 bits per heavy atom. The van der Waals surface area contributed by atoms with E-state index >= 15 is 0 Å². The Morgan fingerprint density at radius 3 is 2.55 bits per heavy atom. The maximum absolute atomic E-state index is 4.56. The predicted octanol–water partition coefficient (Wildman–Crippen LogP) is 4.72. The first-order chi connectivity index (χ1) is 9.56. The van der Waals surface area contributed by atoms with E-state index in [1.54, 1.807) is 5.57 Å². The molecule has 0 amide bonds. The van der Waals surface area contributed by atoms with E-state index in [2.05, 4.69) is 44.1 Å². The summed E-state index contributed by atoms with van der Waals surface area (Å²) in [5.41, 5.74) is 2.77. The molecule has 0 aromatic carbocycles. The Kier molecular flexibility index (Phi) is 5.79. The maximum atomic E-state index is 4.56. The molecule has 0 unspecified atom stereocenters. The molecule has 0 bridgehead atoms. The second-order valence-electron chi connectivity index (χ2n) is 6.27. The summed E-state index contributed by atoms with van der Waals surface area (Å²) in [5.74, 6) is 0.775. The highest BCUT2D eigenvalue weighted by Gasteiger charge is 2.18. The van der Waals surface area contributed by atoms with E-state index < -0.39 is 0 Å². The van der Waals surface area contributed by atoms with Crippen LogP contribution in [0.3, 0.4) is 0 Å². The van der Waals surface area contributed by atoms with Crippen LogP contribution >= 0.6 is 11.3 Å². The van der Waals surface area contributed by atoms with Crippen molar-refractivity contribution in [1.29, 1.82) is 0 Å². The molecule has 1 fully saturated rings. The van der Waals surface area contributed by atoms with Gasteiger partial charge in [-0.15, -0.1) is 11.3 Å². The number of hydrogen-bond acceptors (Lipinski definition) is 3. The number of rotatable bonds is 5. The first kappa shape index (κ1) is 15.7. The van der Waals surface area contributed by atoms with Crippen LogP contribution < -0.4 is 5.32 Å². The zero-order chi connectivity index (χ0) is 14.5. The molecule has 1 saturated carbocycles. The molecule has 2 rings (SSSR count). The molecule has 1 aliphatic rings. The van der Waals surface area contributed by atoms with Gasteiger partial charge in [0.2, 0.25) is 0 Å². The van der Waals surface area contributed by atoms with Crippen molar-refractivity contribution < 1.29 is 0 Å². The molecule has 112 valence electrons. The van der Waals surface area contributed by atoms with Crippen LogP contribution in [0, 0.1) is 19.8 Å². The summed E-state index contributed by atoms with van der Waals surface area (Å²) in [5, 5.41) is 4.78. The molecule has 0 saturated heterocycles. The van der Waals surface area contributed by atoms with Crippen LogP contribution in [-0.2, 0) is 0 Å². The molecule has 1 N–H and O–H groups in total. The van der Waals surface area contributed by atoms with E-state index in [1.807, 2.05) is 11.3 Å². The van der Waals surface area contributed by atoms with Gasteiger partial charge in [-0.25, -0.2) is 4.98 Å². The third-order valence-electron chi connectivity index (χ3n) is 4.10. The van der Waals surface area contributed by atoms with Crippen molar-refractivity contribution in [2.75, 3.05) is 6.54 Å². The van der Waals surface area contributed by atoms with Crippen molar-refractivity contribution in [1.82, 2.24) is 10.3 Å². The number of thiazole rings is 1.